The third kappa shape index (κ3) is 6.39. The molecular weight excluding hydrogens is 364 g/mol. The summed E-state index contributed by atoms with van der Waals surface area (Å²) >= 11 is 5.30. The van der Waals surface area contributed by atoms with Crippen LogP contribution in [-0.4, -0.2) is 29.8 Å². The number of hydrazine groups is 1. The number of benzene rings is 1. The molecule has 27 heavy (non-hydrogen) atoms. The smallest absolute Gasteiger partial charge is 0.411 e. The number of rotatable bonds is 4. The number of amides is 2. The van der Waals surface area contributed by atoms with Gasteiger partial charge in [-0.05, 0) is 55.6 Å². The van der Waals surface area contributed by atoms with Crippen molar-refractivity contribution in [2.24, 2.45) is 11.8 Å². The Morgan fingerprint density at radius 1 is 1.22 bits per heavy atom. The van der Waals surface area contributed by atoms with Crippen molar-refractivity contribution < 1.29 is 14.3 Å². The molecule has 0 heterocycles. The Morgan fingerprint density at radius 2 is 2.00 bits per heavy atom. The molecule has 0 unspecified atom stereocenters. The Morgan fingerprint density at radius 3 is 2.74 bits per heavy atom. The van der Waals surface area contributed by atoms with Crippen LogP contribution in [0.5, 0.6) is 0 Å². The van der Waals surface area contributed by atoms with Gasteiger partial charge in [0.05, 0.1) is 6.61 Å². The van der Waals surface area contributed by atoms with Crippen LogP contribution < -0.4 is 21.5 Å². The molecule has 1 aliphatic rings. The first-order valence-corrected chi connectivity index (χ1v) is 9.72. The van der Waals surface area contributed by atoms with E-state index in [9.17, 15) is 9.59 Å². The first kappa shape index (κ1) is 21.0. The second-order valence-electron chi connectivity index (χ2n) is 6.85. The maximum Gasteiger partial charge on any atom is 0.411 e. The summed E-state index contributed by atoms with van der Waals surface area (Å²) in [6.45, 7) is 6.48. The topological polar surface area (TPSA) is 91.5 Å². The normalized spacial score (nSPS) is 21.7. The highest BCUT2D eigenvalue weighted by Crippen LogP contribution is 2.29. The molecule has 8 heteroatoms. The molecule has 7 nitrogen and oxygen atoms in total. The Balaban J connectivity index is 1.84. The Kier molecular flexibility index (Phi) is 7.84. The fraction of sp³-hybridized carbons (Fsp3) is 0.526. The number of hydrogen-bond donors (Lipinski definition) is 4. The van der Waals surface area contributed by atoms with E-state index >= 15 is 0 Å². The minimum Gasteiger partial charge on any atom is -0.450 e. The summed E-state index contributed by atoms with van der Waals surface area (Å²) < 4.78 is 4.83. The zero-order valence-electron chi connectivity index (χ0n) is 16.0. The van der Waals surface area contributed by atoms with Crippen LogP contribution in [0, 0.1) is 11.8 Å². The lowest BCUT2D eigenvalue weighted by Gasteiger charge is -2.35. The number of thiocarbonyl (C=S) groups is 1. The number of nitrogens with one attached hydrogen (secondary N) is 4. The summed E-state index contributed by atoms with van der Waals surface area (Å²) in [6.07, 6.45) is 2.93. The standard InChI is InChI=1S/C19H28N4O3S/c1-4-26-19(25)20-15-9-6-8-14(11-15)17(24)22-23-18(27)21-16-10-5-7-12(2)13(16)3/h6,8-9,11-13,16H,4-5,7,10H2,1-3H3,(H,20,25)(H,22,24)(H2,21,23,27)/t12-,13+,16-/m1/s1. The predicted octanol–water partition coefficient (Wildman–Crippen LogP) is 3.19. The van der Waals surface area contributed by atoms with E-state index in [-0.39, 0.29) is 12.5 Å². The van der Waals surface area contributed by atoms with Gasteiger partial charge in [0.15, 0.2) is 5.11 Å². The van der Waals surface area contributed by atoms with Crippen molar-refractivity contribution in [1.29, 1.82) is 0 Å². The minimum atomic E-state index is -0.561. The van der Waals surface area contributed by atoms with Gasteiger partial charge in [0.2, 0.25) is 0 Å². The van der Waals surface area contributed by atoms with Crippen molar-refractivity contribution in [3.63, 3.8) is 0 Å². The lowest BCUT2D eigenvalue weighted by atomic mass is 9.78. The molecule has 0 aromatic heterocycles. The molecule has 0 saturated heterocycles. The molecule has 1 fully saturated rings. The van der Waals surface area contributed by atoms with Gasteiger partial charge in [-0.1, -0.05) is 32.8 Å². The van der Waals surface area contributed by atoms with Crippen LogP contribution >= 0.6 is 12.2 Å². The Hall–Kier alpha value is -2.35. The number of carbonyl (C=O) groups excluding carboxylic acids is 2. The molecule has 148 valence electrons. The zero-order chi connectivity index (χ0) is 19.8. The summed E-state index contributed by atoms with van der Waals surface area (Å²) in [5.41, 5.74) is 6.20. The van der Waals surface area contributed by atoms with Crippen LogP contribution in [0.1, 0.15) is 50.4 Å². The molecule has 4 N–H and O–H groups in total. The van der Waals surface area contributed by atoms with Gasteiger partial charge in [-0.15, -0.1) is 0 Å². The van der Waals surface area contributed by atoms with Crippen molar-refractivity contribution in [2.45, 2.75) is 46.1 Å². The summed E-state index contributed by atoms with van der Waals surface area (Å²) in [5, 5.41) is 6.25. The van der Waals surface area contributed by atoms with E-state index in [2.05, 4.69) is 35.3 Å². The van der Waals surface area contributed by atoms with Crippen molar-refractivity contribution in [1.82, 2.24) is 16.2 Å². The minimum absolute atomic E-state index is 0.277. The van der Waals surface area contributed by atoms with E-state index in [0.29, 0.717) is 34.2 Å². The van der Waals surface area contributed by atoms with Crippen molar-refractivity contribution in [3.8, 4) is 0 Å². The van der Waals surface area contributed by atoms with Crippen LogP contribution in [0.4, 0.5) is 10.5 Å². The van der Waals surface area contributed by atoms with Gasteiger partial charge in [-0.3, -0.25) is 21.0 Å². The van der Waals surface area contributed by atoms with Gasteiger partial charge in [-0.2, -0.15) is 0 Å². The van der Waals surface area contributed by atoms with E-state index in [1.54, 1.807) is 31.2 Å². The summed E-state index contributed by atoms with van der Waals surface area (Å²) in [4.78, 5) is 23.8. The predicted molar refractivity (Wildman–Crippen MR) is 109 cm³/mol. The maximum atomic E-state index is 12.3. The molecule has 2 amide bonds. The molecule has 0 radical (unpaired) electrons. The molecule has 1 aromatic rings. The summed E-state index contributed by atoms with van der Waals surface area (Å²) in [7, 11) is 0. The van der Waals surface area contributed by atoms with E-state index in [1.807, 2.05) is 0 Å². The quantitative estimate of drug-likeness (QED) is 0.465. The molecule has 2 rings (SSSR count). The van der Waals surface area contributed by atoms with Gasteiger partial charge < -0.3 is 10.1 Å². The Bertz CT molecular complexity index is 683. The molecule has 0 spiro atoms. The van der Waals surface area contributed by atoms with Gasteiger partial charge in [0.25, 0.3) is 5.91 Å². The second kappa shape index (κ2) is 10.1. The third-order valence-electron chi connectivity index (χ3n) is 4.96. The number of hydrogen-bond acceptors (Lipinski definition) is 4. The zero-order valence-corrected chi connectivity index (χ0v) is 16.8. The highest BCUT2D eigenvalue weighted by atomic mass is 32.1. The van der Waals surface area contributed by atoms with E-state index in [4.69, 9.17) is 17.0 Å². The number of carbonyl (C=O) groups is 2. The maximum absolute atomic E-state index is 12.3. The third-order valence-corrected chi connectivity index (χ3v) is 5.18. The van der Waals surface area contributed by atoms with Crippen LogP contribution in [0.3, 0.4) is 0 Å². The lowest BCUT2D eigenvalue weighted by molar-refractivity contribution is 0.0943. The summed E-state index contributed by atoms with van der Waals surface area (Å²) in [6, 6.07) is 6.88. The highest BCUT2D eigenvalue weighted by Gasteiger charge is 2.27. The first-order chi connectivity index (χ1) is 12.9. The second-order valence-corrected chi connectivity index (χ2v) is 7.26. The van der Waals surface area contributed by atoms with Crippen LogP contribution in [-0.2, 0) is 4.74 Å². The average molecular weight is 393 g/mol. The van der Waals surface area contributed by atoms with Crippen LogP contribution in [0.25, 0.3) is 0 Å². The summed E-state index contributed by atoms with van der Waals surface area (Å²) in [5.74, 6) is 0.833. The van der Waals surface area contributed by atoms with Crippen molar-refractivity contribution in [2.75, 3.05) is 11.9 Å². The fourth-order valence-corrected chi connectivity index (χ4v) is 3.40. The first-order valence-electron chi connectivity index (χ1n) is 9.31. The SMILES string of the molecule is CCOC(=O)Nc1cccc(C(=O)NNC(=S)N[C@@H]2CCC[C@@H](C)[C@@H]2C)c1. The largest absolute Gasteiger partial charge is 0.450 e. The Labute approximate surface area is 165 Å². The van der Waals surface area contributed by atoms with E-state index in [0.717, 1.165) is 6.42 Å². The van der Waals surface area contributed by atoms with Crippen LogP contribution in [0.2, 0.25) is 0 Å². The number of ether oxygens (including phenoxy) is 1. The highest BCUT2D eigenvalue weighted by molar-refractivity contribution is 7.80. The van der Waals surface area contributed by atoms with Crippen molar-refractivity contribution in [3.05, 3.63) is 29.8 Å². The van der Waals surface area contributed by atoms with Crippen molar-refractivity contribution >= 4 is 35.0 Å². The molecule has 1 saturated carbocycles. The van der Waals surface area contributed by atoms with E-state index < -0.39 is 6.09 Å². The van der Waals surface area contributed by atoms with E-state index in [1.165, 1.54) is 12.8 Å². The van der Waals surface area contributed by atoms with Gasteiger partial charge >= 0.3 is 6.09 Å². The van der Waals surface area contributed by atoms with Gasteiger partial charge in [-0.25, -0.2) is 4.79 Å². The van der Waals surface area contributed by atoms with Gasteiger partial charge in [0.1, 0.15) is 0 Å². The lowest BCUT2D eigenvalue weighted by Crippen LogP contribution is -2.52. The molecule has 0 aliphatic heterocycles. The number of anilines is 1. The molecule has 0 bridgehead atoms. The molecule has 3 atom stereocenters. The molecule has 1 aromatic carbocycles. The monoisotopic (exact) mass is 392 g/mol. The van der Waals surface area contributed by atoms with Crippen LogP contribution in [0.15, 0.2) is 24.3 Å². The fourth-order valence-electron chi connectivity index (χ4n) is 3.20. The molecule has 1 aliphatic carbocycles. The average Bonchev–Trinajstić information content (AvgIpc) is 2.64. The van der Waals surface area contributed by atoms with Gasteiger partial charge in [0, 0.05) is 17.3 Å². The molecular formula is C19H28N4O3S.